The van der Waals surface area contributed by atoms with Gasteiger partial charge in [-0.05, 0) is 43.2 Å². The number of nitrogen functional groups attached to an aromatic ring is 1. The molecule has 2 aromatic heterocycles. The van der Waals surface area contributed by atoms with Crippen LogP contribution in [0.3, 0.4) is 0 Å². The van der Waals surface area contributed by atoms with Gasteiger partial charge in [0.25, 0.3) is 5.91 Å². The third-order valence-electron chi connectivity index (χ3n) is 3.92. The van der Waals surface area contributed by atoms with E-state index in [1.807, 2.05) is 45.3 Å². The SMILES string of the molecule is Cc1ccc(C(=O)Nc2cc(-c3cnn(C)c3)ccc2N)nc1C. The molecule has 0 unspecified atom stereocenters. The molecule has 122 valence electrons. The maximum atomic E-state index is 12.4. The van der Waals surface area contributed by atoms with Gasteiger partial charge in [-0.15, -0.1) is 0 Å². The highest BCUT2D eigenvalue weighted by Gasteiger charge is 2.12. The Morgan fingerprint density at radius 2 is 1.96 bits per heavy atom. The van der Waals surface area contributed by atoms with Gasteiger partial charge in [0, 0.05) is 24.5 Å². The van der Waals surface area contributed by atoms with Crippen molar-refractivity contribution in [1.82, 2.24) is 14.8 Å². The van der Waals surface area contributed by atoms with E-state index in [1.54, 1.807) is 23.0 Å². The van der Waals surface area contributed by atoms with Crippen LogP contribution in [-0.2, 0) is 7.05 Å². The van der Waals surface area contributed by atoms with Crippen molar-refractivity contribution in [1.29, 1.82) is 0 Å². The van der Waals surface area contributed by atoms with Gasteiger partial charge >= 0.3 is 0 Å². The molecule has 24 heavy (non-hydrogen) atoms. The van der Waals surface area contributed by atoms with E-state index >= 15 is 0 Å². The molecule has 0 radical (unpaired) electrons. The van der Waals surface area contributed by atoms with Crippen molar-refractivity contribution in [3.63, 3.8) is 0 Å². The minimum atomic E-state index is -0.284. The number of anilines is 2. The van der Waals surface area contributed by atoms with E-state index in [4.69, 9.17) is 5.73 Å². The summed E-state index contributed by atoms with van der Waals surface area (Å²) in [6.45, 7) is 3.84. The van der Waals surface area contributed by atoms with Gasteiger partial charge in [-0.2, -0.15) is 5.10 Å². The number of amides is 1. The predicted molar refractivity (Wildman–Crippen MR) is 94.7 cm³/mol. The third kappa shape index (κ3) is 3.12. The highest BCUT2D eigenvalue weighted by atomic mass is 16.1. The molecule has 1 aromatic carbocycles. The fourth-order valence-corrected chi connectivity index (χ4v) is 2.36. The summed E-state index contributed by atoms with van der Waals surface area (Å²) in [5, 5.41) is 7.00. The van der Waals surface area contributed by atoms with E-state index in [1.165, 1.54) is 0 Å². The molecule has 0 aliphatic rings. The van der Waals surface area contributed by atoms with Gasteiger partial charge in [-0.1, -0.05) is 12.1 Å². The molecule has 0 spiro atoms. The van der Waals surface area contributed by atoms with Gasteiger partial charge in [0.2, 0.25) is 0 Å². The lowest BCUT2D eigenvalue weighted by Crippen LogP contribution is -2.15. The fourth-order valence-electron chi connectivity index (χ4n) is 2.36. The van der Waals surface area contributed by atoms with E-state index in [9.17, 15) is 4.79 Å². The number of rotatable bonds is 3. The molecule has 0 aliphatic carbocycles. The van der Waals surface area contributed by atoms with Crippen molar-refractivity contribution >= 4 is 17.3 Å². The van der Waals surface area contributed by atoms with Gasteiger partial charge in [0.15, 0.2) is 0 Å². The Hall–Kier alpha value is -3.15. The fraction of sp³-hybridized carbons (Fsp3) is 0.167. The van der Waals surface area contributed by atoms with Crippen LogP contribution >= 0.6 is 0 Å². The molecule has 2 heterocycles. The molecule has 0 bridgehead atoms. The second-order valence-electron chi connectivity index (χ2n) is 5.76. The van der Waals surface area contributed by atoms with Crippen LogP contribution in [0.1, 0.15) is 21.7 Å². The molecular weight excluding hydrogens is 302 g/mol. The summed E-state index contributed by atoms with van der Waals surface area (Å²) in [6, 6.07) is 9.10. The van der Waals surface area contributed by atoms with Gasteiger partial charge in [-0.3, -0.25) is 9.48 Å². The topological polar surface area (TPSA) is 85.8 Å². The maximum Gasteiger partial charge on any atom is 0.274 e. The van der Waals surface area contributed by atoms with Crippen molar-refractivity contribution in [2.45, 2.75) is 13.8 Å². The van der Waals surface area contributed by atoms with Crippen molar-refractivity contribution in [2.75, 3.05) is 11.1 Å². The first-order valence-corrected chi connectivity index (χ1v) is 7.58. The Balaban J connectivity index is 1.88. The molecular formula is C18H19N5O. The lowest BCUT2D eigenvalue weighted by Gasteiger charge is -2.10. The number of aryl methyl sites for hydroxylation is 3. The van der Waals surface area contributed by atoms with Gasteiger partial charge < -0.3 is 11.1 Å². The molecule has 3 N–H and O–H groups in total. The number of carbonyl (C=O) groups excluding carboxylic acids is 1. The Bertz CT molecular complexity index is 914. The summed E-state index contributed by atoms with van der Waals surface area (Å²) in [5.41, 5.74) is 11.2. The standard InChI is InChI=1S/C18H19N5O/c1-11-4-7-16(21-12(11)2)18(24)22-17-8-13(5-6-15(17)19)14-9-20-23(3)10-14/h4-10H,19H2,1-3H3,(H,22,24). The molecule has 3 rings (SSSR count). The van der Waals surface area contributed by atoms with Gasteiger partial charge in [0.1, 0.15) is 5.69 Å². The zero-order valence-electron chi connectivity index (χ0n) is 13.9. The number of pyridine rings is 1. The van der Waals surface area contributed by atoms with Crippen LogP contribution < -0.4 is 11.1 Å². The molecule has 6 nitrogen and oxygen atoms in total. The quantitative estimate of drug-likeness (QED) is 0.726. The zero-order chi connectivity index (χ0) is 17.3. The van der Waals surface area contributed by atoms with Crippen molar-refractivity contribution in [3.05, 3.63) is 59.7 Å². The average Bonchev–Trinajstić information content (AvgIpc) is 2.98. The van der Waals surface area contributed by atoms with E-state index < -0.39 is 0 Å². The summed E-state index contributed by atoms with van der Waals surface area (Å²) in [4.78, 5) is 16.8. The molecule has 0 aliphatic heterocycles. The Morgan fingerprint density at radius 1 is 1.17 bits per heavy atom. The highest BCUT2D eigenvalue weighted by molar-refractivity contribution is 6.05. The number of nitrogens with one attached hydrogen (secondary N) is 1. The summed E-state index contributed by atoms with van der Waals surface area (Å²) in [5.74, 6) is -0.284. The molecule has 0 atom stereocenters. The monoisotopic (exact) mass is 321 g/mol. The number of carbonyl (C=O) groups is 1. The predicted octanol–water partition coefficient (Wildman–Crippen LogP) is 2.93. The number of benzene rings is 1. The number of nitrogens with two attached hydrogens (primary N) is 1. The second kappa shape index (κ2) is 6.16. The first kappa shape index (κ1) is 15.7. The summed E-state index contributed by atoms with van der Waals surface area (Å²) in [6.07, 6.45) is 3.67. The van der Waals surface area contributed by atoms with Gasteiger partial charge in [-0.25, -0.2) is 4.98 Å². The lowest BCUT2D eigenvalue weighted by molar-refractivity contribution is 0.102. The Labute approximate surface area is 140 Å². The third-order valence-corrected chi connectivity index (χ3v) is 3.92. The van der Waals surface area contributed by atoms with E-state index in [0.29, 0.717) is 17.1 Å². The first-order valence-electron chi connectivity index (χ1n) is 7.58. The molecule has 0 saturated heterocycles. The molecule has 0 fully saturated rings. The van der Waals surface area contributed by atoms with Crippen LogP contribution in [0.15, 0.2) is 42.7 Å². The number of aromatic nitrogens is 3. The first-order chi connectivity index (χ1) is 11.4. The molecule has 6 heteroatoms. The molecule has 0 saturated carbocycles. The smallest absolute Gasteiger partial charge is 0.274 e. The van der Waals surface area contributed by atoms with Crippen LogP contribution in [-0.4, -0.2) is 20.7 Å². The molecule has 1 amide bonds. The second-order valence-corrected chi connectivity index (χ2v) is 5.76. The van der Waals surface area contributed by atoms with Crippen molar-refractivity contribution < 1.29 is 4.79 Å². The summed E-state index contributed by atoms with van der Waals surface area (Å²) in [7, 11) is 1.86. The van der Waals surface area contributed by atoms with E-state index in [2.05, 4.69) is 15.4 Å². The van der Waals surface area contributed by atoms with Crippen LogP contribution in [0, 0.1) is 13.8 Å². The minimum Gasteiger partial charge on any atom is -0.397 e. The minimum absolute atomic E-state index is 0.284. The Morgan fingerprint density at radius 3 is 2.62 bits per heavy atom. The summed E-state index contributed by atoms with van der Waals surface area (Å²) >= 11 is 0. The Kier molecular flexibility index (Phi) is 4.04. The molecule has 3 aromatic rings. The van der Waals surface area contributed by atoms with E-state index in [-0.39, 0.29) is 5.91 Å². The average molecular weight is 321 g/mol. The highest BCUT2D eigenvalue weighted by Crippen LogP contribution is 2.27. The van der Waals surface area contributed by atoms with E-state index in [0.717, 1.165) is 22.4 Å². The van der Waals surface area contributed by atoms with Crippen molar-refractivity contribution in [3.8, 4) is 11.1 Å². The number of hydrogen-bond acceptors (Lipinski definition) is 4. The number of nitrogens with zero attached hydrogens (tertiary/aromatic N) is 3. The van der Waals surface area contributed by atoms with Gasteiger partial charge in [0.05, 0.1) is 17.6 Å². The maximum absolute atomic E-state index is 12.4. The van der Waals surface area contributed by atoms with Crippen LogP contribution in [0.5, 0.6) is 0 Å². The zero-order valence-corrected chi connectivity index (χ0v) is 13.9. The van der Waals surface area contributed by atoms with Crippen molar-refractivity contribution in [2.24, 2.45) is 7.05 Å². The lowest BCUT2D eigenvalue weighted by atomic mass is 10.1. The van der Waals surface area contributed by atoms with Crippen LogP contribution in [0.25, 0.3) is 11.1 Å². The van der Waals surface area contributed by atoms with Crippen LogP contribution in [0.4, 0.5) is 11.4 Å². The van der Waals surface area contributed by atoms with Crippen LogP contribution in [0.2, 0.25) is 0 Å². The largest absolute Gasteiger partial charge is 0.397 e. The summed E-state index contributed by atoms with van der Waals surface area (Å²) < 4.78 is 1.73. The number of hydrogen-bond donors (Lipinski definition) is 2. The normalized spacial score (nSPS) is 10.6.